The van der Waals surface area contributed by atoms with Gasteiger partial charge in [0.2, 0.25) is 10.0 Å². The number of H-pyrrole nitrogens is 1. The summed E-state index contributed by atoms with van der Waals surface area (Å²) in [6, 6.07) is 6.43. The monoisotopic (exact) mass is 532 g/mol. The Kier molecular flexibility index (Phi) is 8.21. The molecule has 3 aromatic rings. The molecular weight excluding hydrogens is 496 g/mol. The van der Waals surface area contributed by atoms with Crippen molar-refractivity contribution in [1.29, 1.82) is 0 Å². The third-order valence-electron chi connectivity index (χ3n) is 7.41. The van der Waals surface area contributed by atoms with Gasteiger partial charge in [-0.05, 0) is 79.9 Å². The Balaban J connectivity index is 1.65. The second-order valence-corrected chi connectivity index (χ2v) is 12.7. The van der Waals surface area contributed by atoms with Gasteiger partial charge in [0.05, 0.1) is 23.4 Å². The molecule has 0 bridgehead atoms. The zero-order valence-corrected chi connectivity index (χ0v) is 23.0. The standard InChI is InChI=1S/C26H36N4O4S2/c1-5-36(32,33)30-8-6-18(7-9-30)23-15-28-25-21(23)12-19(13-22(25)26(27)31)20-14-24(35-16-20)17(2)29(3)10-11-34-4/h12-18,28H,5-11H2,1-4H3,(H2,27,31). The van der Waals surface area contributed by atoms with Crippen molar-refractivity contribution in [2.45, 2.75) is 38.6 Å². The number of methoxy groups -OCH3 is 1. The number of piperidine rings is 1. The number of hydrogen-bond acceptors (Lipinski definition) is 6. The Hall–Kier alpha value is -2.24. The number of sulfonamides is 1. The van der Waals surface area contributed by atoms with Crippen LogP contribution in [0.4, 0.5) is 0 Å². The predicted molar refractivity (Wildman–Crippen MR) is 146 cm³/mol. The Morgan fingerprint density at radius 2 is 2.00 bits per heavy atom. The maximum atomic E-state index is 12.4. The number of likely N-dealkylation sites (N-methyl/N-ethyl adjacent to an activating group) is 1. The first-order chi connectivity index (χ1) is 17.2. The molecule has 1 fully saturated rings. The lowest BCUT2D eigenvalue weighted by molar-refractivity contribution is 0.100. The van der Waals surface area contributed by atoms with Gasteiger partial charge in [0, 0.05) is 49.2 Å². The average molecular weight is 533 g/mol. The van der Waals surface area contributed by atoms with Gasteiger partial charge in [-0.25, -0.2) is 12.7 Å². The van der Waals surface area contributed by atoms with Crippen molar-refractivity contribution < 1.29 is 17.9 Å². The zero-order valence-electron chi connectivity index (χ0n) is 21.4. The van der Waals surface area contributed by atoms with Gasteiger partial charge in [0.1, 0.15) is 0 Å². The summed E-state index contributed by atoms with van der Waals surface area (Å²) in [5.74, 6) is -0.132. The summed E-state index contributed by atoms with van der Waals surface area (Å²) in [5, 5.41) is 3.11. The quantitative estimate of drug-likeness (QED) is 0.408. The normalized spacial score (nSPS) is 16.7. The Bertz CT molecular complexity index is 1320. The zero-order chi connectivity index (χ0) is 26.0. The van der Waals surface area contributed by atoms with Crippen LogP contribution in [0.5, 0.6) is 0 Å². The van der Waals surface area contributed by atoms with Gasteiger partial charge in [0.15, 0.2) is 0 Å². The molecule has 1 aliphatic rings. The van der Waals surface area contributed by atoms with Crippen molar-refractivity contribution in [2.75, 3.05) is 46.2 Å². The van der Waals surface area contributed by atoms with E-state index in [0.29, 0.717) is 25.3 Å². The number of nitrogens with zero attached hydrogens (tertiary/aromatic N) is 2. The van der Waals surface area contributed by atoms with Crippen LogP contribution in [0.15, 0.2) is 29.8 Å². The van der Waals surface area contributed by atoms with Gasteiger partial charge in [-0.3, -0.25) is 9.69 Å². The largest absolute Gasteiger partial charge is 0.383 e. The highest BCUT2D eigenvalue weighted by molar-refractivity contribution is 7.89. The molecule has 196 valence electrons. The Morgan fingerprint density at radius 3 is 2.64 bits per heavy atom. The van der Waals surface area contributed by atoms with E-state index in [1.807, 2.05) is 12.3 Å². The van der Waals surface area contributed by atoms with E-state index in [2.05, 4.69) is 41.4 Å². The molecule has 1 saturated heterocycles. The first kappa shape index (κ1) is 26.8. The molecule has 1 aliphatic heterocycles. The van der Waals surface area contributed by atoms with E-state index in [1.165, 1.54) is 4.88 Å². The lowest BCUT2D eigenvalue weighted by Gasteiger charge is -2.31. The minimum atomic E-state index is -3.18. The van der Waals surface area contributed by atoms with Crippen LogP contribution < -0.4 is 5.73 Å². The molecule has 2 aromatic heterocycles. The summed E-state index contributed by atoms with van der Waals surface area (Å²) in [4.78, 5) is 19.2. The highest BCUT2D eigenvalue weighted by Crippen LogP contribution is 2.38. The van der Waals surface area contributed by atoms with Crippen molar-refractivity contribution in [3.8, 4) is 11.1 Å². The predicted octanol–water partition coefficient (Wildman–Crippen LogP) is 4.16. The topological polar surface area (TPSA) is 109 Å². The molecule has 1 unspecified atom stereocenters. The van der Waals surface area contributed by atoms with Crippen molar-refractivity contribution in [3.05, 3.63) is 45.8 Å². The van der Waals surface area contributed by atoms with E-state index in [1.54, 1.807) is 29.7 Å². The van der Waals surface area contributed by atoms with Crippen molar-refractivity contribution in [3.63, 3.8) is 0 Å². The van der Waals surface area contributed by atoms with Crippen LogP contribution in [0.3, 0.4) is 0 Å². The highest BCUT2D eigenvalue weighted by Gasteiger charge is 2.29. The van der Waals surface area contributed by atoms with E-state index < -0.39 is 15.9 Å². The fraction of sp³-hybridized carbons (Fsp3) is 0.500. The van der Waals surface area contributed by atoms with Crippen LogP contribution >= 0.6 is 11.3 Å². The fourth-order valence-corrected chi connectivity index (χ4v) is 7.12. The van der Waals surface area contributed by atoms with E-state index in [4.69, 9.17) is 10.5 Å². The number of carbonyl (C=O) groups excluding carboxylic acids is 1. The lowest BCUT2D eigenvalue weighted by Crippen LogP contribution is -2.38. The molecule has 0 radical (unpaired) electrons. The number of nitrogens with two attached hydrogens (primary N) is 1. The summed E-state index contributed by atoms with van der Waals surface area (Å²) in [7, 11) is 0.617. The highest BCUT2D eigenvalue weighted by atomic mass is 32.2. The molecule has 10 heteroatoms. The van der Waals surface area contributed by atoms with E-state index in [0.717, 1.165) is 47.0 Å². The van der Waals surface area contributed by atoms with Gasteiger partial charge >= 0.3 is 0 Å². The van der Waals surface area contributed by atoms with Gasteiger partial charge in [-0.15, -0.1) is 11.3 Å². The van der Waals surface area contributed by atoms with Crippen molar-refractivity contribution in [1.82, 2.24) is 14.2 Å². The maximum Gasteiger partial charge on any atom is 0.250 e. The summed E-state index contributed by atoms with van der Waals surface area (Å²) in [5.41, 5.74) is 10.1. The van der Waals surface area contributed by atoms with Crippen LogP contribution in [-0.4, -0.2) is 74.7 Å². The maximum absolute atomic E-state index is 12.4. The van der Waals surface area contributed by atoms with Crippen LogP contribution in [0, 0.1) is 0 Å². The van der Waals surface area contributed by atoms with E-state index >= 15 is 0 Å². The first-order valence-electron chi connectivity index (χ1n) is 12.4. The fourth-order valence-electron chi connectivity index (χ4n) is 4.95. The van der Waals surface area contributed by atoms with E-state index in [9.17, 15) is 13.2 Å². The van der Waals surface area contributed by atoms with E-state index in [-0.39, 0.29) is 17.7 Å². The molecule has 8 nitrogen and oxygen atoms in total. The number of aromatic nitrogens is 1. The number of fused-ring (bicyclic) bond motifs is 1. The molecule has 4 rings (SSSR count). The van der Waals surface area contributed by atoms with Crippen LogP contribution in [0.25, 0.3) is 22.0 Å². The van der Waals surface area contributed by atoms with Gasteiger partial charge < -0.3 is 15.5 Å². The second kappa shape index (κ2) is 11.0. The molecule has 3 heterocycles. The Labute approximate surface area is 217 Å². The number of aromatic amines is 1. The third-order valence-corrected chi connectivity index (χ3v) is 10.4. The molecule has 0 spiro atoms. The Morgan fingerprint density at radius 1 is 1.28 bits per heavy atom. The van der Waals surface area contributed by atoms with Crippen LogP contribution in [0.2, 0.25) is 0 Å². The molecule has 1 amide bonds. The number of ether oxygens (including phenoxy) is 1. The number of rotatable bonds is 10. The van der Waals surface area contributed by atoms with Gasteiger partial charge in [0.25, 0.3) is 5.91 Å². The van der Waals surface area contributed by atoms with Gasteiger partial charge in [-0.2, -0.15) is 0 Å². The summed E-state index contributed by atoms with van der Waals surface area (Å²) in [6.45, 7) is 6.41. The first-order valence-corrected chi connectivity index (χ1v) is 14.9. The second-order valence-electron chi connectivity index (χ2n) is 9.52. The SMILES string of the molecule is CCS(=O)(=O)N1CCC(c2c[nH]c3c(C(N)=O)cc(-c4csc(C(C)N(C)CCOC)c4)cc23)CC1. The lowest BCUT2D eigenvalue weighted by atomic mass is 9.88. The van der Waals surface area contributed by atoms with Crippen molar-refractivity contribution >= 4 is 38.2 Å². The summed E-state index contributed by atoms with van der Waals surface area (Å²) in [6.07, 6.45) is 3.45. The molecule has 1 atom stereocenters. The number of hydrogen-bond donors (Lipinski definition) is 2. The third kappa shape index (κ3) is 5.38. The van der Waals surface area contributed by atoms with Crippen molar-refractivity contribution in [2.24, 2.45) is 5.73 Å². The molecular formula is C26H36N4O4S2. The molecule has 0 saturated carbocycles. The number of carbonyl (C=O) groups is 1. The minimum absolute atomic E-state index is 0.125. The molecule has 36 heavy (non-hydrogen) atoms. The number of primary amides is 1. The molecule has 3 N–H and O–H groups in total. The number of benzene rings is 1. The average Bonchev–Trinajstić information content (AvgIpc) is 3.54. The van der Waals surface area contributed by atoms with Crippen LogP contribution in [0.1, 0.15) is 59.4 Å². The number of nitrogens with one attached hydrogen (secondary N) is 1. The molecule has 1 aromatic carbocycles. The summed E-state index contributed by atoms with van der Waals surface area (Å²) >= 11 is 1.70. The smallest absolute Gasteiger partial charge is 0.250 e. The number of thiophene rings is 1. The minimum Gasteiger partial charge on any atom is -0.383 e. The van der Waals surface area contributed by atoms with Gasteiger partial charge in [-0.1, -0.05) is 0 Å². The van der Waals surface area contributed by atoms with Crippen LogP contribution in [-0.2, 0) is 14.8 Å². The molecule has 0 aliphatic carbocycles. The summed E-state index contributed by atoms with van der Waals surface area (Å²) < 4.78 is 31.4. The number of amides is 1.